The minimum atomic E-state index is -0.332. The number of hydrogen-bond acceptors (Lipinski definition) is 6. The molecule has 0 spiro atoms. The number of carbonyl (C=O) groups excluding carboxylic acids is 1. The maximum Gasteiger partial charge on any atom is 0.254 e. The average molecular weight is 419 g/mol. The number of benzene rings is 2. The summed E-state index contributed by atoms with van der Waals surface area (Å²) >= 11 is 0. The molecule has 1 saturated heterocycles. The minimum absolute atomic E-state index is 0.0782. The van der Waals surface area contributed by atoms with Gasteiger partial charge in [-0.2, -0.15) is 15.0 Å². The van der Waals surface area contributed by atoms with E-state index >= 15 is 0 Å². The molecule has 2 aromatic carbocycles. The number of nitrogens with zero attached hydrogens (tertiary/aromatic N) is 7. The molecule has 1 amide bonds. The molecule has 10 heteroatoms. The Balaban J connectivity index is 1.19. The van der Waals surface area contributed by atoms with Gasteiger partial charge in [0.15, 0.2) is 0 Å². The highest BCUT2D eigenvalue weighted by Crippen LogP contribution is 2.26. The predicted octanol–water partition coefficient (Wildman–Crippen LogP) is 2.55. The summed E-state index contributed by atoms with van der Waals surface area (Å²) < 4.78 is 20.5. The number of aromatic nitrogens is 6. The van der Waals surface area contributed by atoms with E-state index in [2.05, 4.69) is 20.5 Å². The number of halogens is 1. The highest BCUT2D eigenvalue weighted by atomic mass is 19.1. The lowest BCUT2D eigenvalue weighted by Gasteiger charge is -2.38. The lowest BCUT2D eigenvalue weighted by atomic mass is 10.1. The van der Waals surface area contributed by atoms with E-state index in [1.807, 2.05) is 6.20 Å². The van der Waals surface area contributed by atoms with Crippen LogP contribution < -0.4 is 4.74 Å². The Morgan fingerprint density at radius 2 is 1.84 bits per heavy atom. The molecule has 1 fully saturated rings. The van der Waals surface area contributed by atoms with Crippen LogP contribution in [0.3, 0.4) is 0 Å². The monoisotopic (exact) mass is 419 g/mol. The summed E-state index contributed by atoms with van der Waals surface area (Å²) in [6.45, 7) is 1.54. The van der Waals surface area contributed by atoms with Crippen molar-refractivity contribution in [3.63, 3.8) is 0 Å². The van der Waals surface area contributed by atoms with Crippen LogP contribution in [0.1, 0.15) is 22.1 Å². The Hall–Kier alpha value is -4.08. The van der Waals surface area contributed by atoms with Crippen LogP contribution >= 0.6 is 0 Å². The van der Waals surface area contributed by atoms with Crippen LogP contribution in [0.5, 0.6) is 11.5 Å². The Morgan fingerprint density at radius 3 is 2.61 bits per heavy atom. The summed E-state index contributed by atoms with van der Waals surface area (Å²) in [5.74, 6) is 0.605. The third kappa shape index (κ3) is 4.13. The summed E-state index contributed by atoms with van der Waals surface area (Å²) in [7, 11) is 0. The molecule has 1 aliphatic rings. The molecule has 9 nitrogen and oxygen atoms in total. The van der Waals surface area contributed by atoms with Crippen LogP contribution in [0.4, 0.5) is 4.39 Å². The molecule has 0 radical (unpaired) electrons. The molecule has 0 saturated carbocycles. The van der Waals surface area contributed by atoms with Crippen LogP contribution in [-0.4, -0.2) is 53.9 Å². The Labute approximate surface area is 176 Å². The van der Waals surface area contributed by atoms with Crippen LogP contribution in [0.25, 0.3) is 0 Å². The Bertz CT molecular complexity index is 1180. The number of carbonyl (C=O) groups is 1. The van der Waals surface area contributed by atoms with Gasteiger partial charge < -0.3 is 9.64 Å². The topological polar surface area (TPSA) is 91.0 Å². The summed E-state index contributed by atoms with van der Waals surface area (Å²) in [5, 5.41) is 16.4. The van der Waals surface area contributed by atoms with E-state index in [9.17, 15) is 9.18 Å². The summed E-state index contributed by atoms with van der Waals surface area (Å²) in [6, 6.07) is 12.8. The van der Waals surface area contributed by atoms with Crippen molar-refractivity contribution in [2.24, 2.45) is 0 Å². The molecule has 0 aliphatic carbocycles. The number of hydrogen-bond donors (Lipinski definition) is 0. The van der Waals surface area contributed by atoms with Gasteiger partial charge in [0, 0.05) is 18.7 Å². The number of amides is 1. The summed E-state index contributed by atoms with van der Waals surface area (Å²) in [4.78, 5) is 16.1. The van der Waals surface area contributed by atoms with Crippen molar-refractivity contribution >= 4 is 5.91 Å². The van der Waals surface area contributed by atoms with Crippen LogP contribution in [0.15, 0.2) is 67.1 Å². The van der Waals surface area contributed by atoms with Crippen LogP contribution in [-0.2, 0) is 6.54 Å². The molecule has 5 rings (SSSR count). The van der Waals surface area contributed by atoms with E-state index in [1.54, 1.807) is 58.4 Å². The van der Waals surface area contributed by atoms with E-state index in [-0.39, 0.29) is 17.8 Å². The van der Waals surface area contributed by atoms with E-state index in [4.69, 9.17) is 4.74 Å². The molecule has 4 aromatic rings. The summed E-state index contributed by atoms with van der Waals surface area (Å²) in [6.07, 6.45) is 5.08. The quantitative estimate of drug-likeness (QED) is 0.477. The van der Waals surface area contributed by atoms with Gasteiger partial charge in [0.2, 0.25) is 0 Å². The van der Waals surface area contributed by atoms with Gasteiger partial charge in [0.25, 0.3) is 5.91 Å². The van der Waals surface area contributed by atoms with Crippen LogP contribution in [0, 0.1) is 5.82 Å². The maximum absolute atomic E-state index is 13.0. The molecule has 0 N–H and O–H groups in total. The average Bonchev–Trinajstić information content (AvgIpc) is 3.42. The third-order valence-electron chi connectivity index (χ3n) is 4.98. The molecule has 31 heavy (non-hydrogen) atoms. The Kier molecular flexibility index (Phi) is 4.87. The second-order valence-corrected chi connectivity index (χ2v) is 7.20. The highest BCUT2D eigenvalue weighted by Gasteiger charge is 2.33. The van der Waals surface area contributed by atoms with Gasteiger partial charge in [0.05, 0.1) is 24.6 Å². The first kappa shape index (κ1) is 18.9. The van der Waals surface area contributed by atoms with Gasteiger partial charge in [-0.3, -0.25) is 4.79 Å². The number of rotatable bonds is 6. The first-order valence-electron chi connectivity index (χ1n) is 9.71. The van der Waals surface area contributed by atoms with Crippen molar-refractivity contribution in [1.82, 2.24) is 34.9 Å². The second kappa shape index (κ2) is 7.98. The van der Waals surface area contributed by atoms with Crippen LogP contribution in [0.2, 0.25) is 0 Å². The molecule has 3 heterocycles. The fourth-order valence-electron chi connectivity index (χ4n) is 3.34. The molecular formula is C21H18FN7O2. The zero-order valence-electron chi connectivity index (χ0n) is 16.4. The standard InChI is InChI=1S/C21H18FN7O2/c22-16-4-6-19(7-5-16)31-20-3-1-2-15(10-20)21(30)27-13-18(14-27)28-11-17(25-26-28)12-29-23-8-9-24-29/h1-11,18H,12-14H2. The first-order chi connectivity index (χ1) is 15.1. The molecule has 0 bridgehead atoms. The molecule has 2 aromatic heterocycles. The van der Waals surface area contributed by atoms with E-state index in [1.165, 1.54) is 16.9 Å². The summed E-state index contributed by atoms with van der Waals surface area (Å²) in [5.41, 5.74) is 1.29. The smallest absolute Gasteiger partial charge is 0.254 e. The fraction of sp³-hybridized carbons (Fsp3) is 0.190. The molecular weight excluding hydrogens is 401 g/mol. The zero-order chi connectivity index (χ0) is 21.2. The van der Waals surface area contributed by atoms with Gasteiger partial charge in [-0.1, -0.05) is 11.3 Å². The van der Waals surface area contributed by atoms with E-state index in [0.29, 0.717) is 36.7 Å². The van der Waals surface area contributed by atoms with Crippen molar-refractivity contribution in [3.8, 4) is 11.5 Å². The Morgan fingerprint density at radius 1 is 1.06 bits per heavy atom. The lowest BCUT2D eigenvalue weighted by molar-refractivity contribution is 0.0498. The maximum atomic E-state index is 13.0. The molecule has 0 atom stereocenters. The van der Waals surface area contributed by atoms with Gasteiger partial charge >= 0.3 is 0 Å². The minimum Gasteiger partial charge on any atom is -0.457 e. The molecule has 1 aliphatic heterocycles. The van der Waals surface area contributed by atoms with Crippen molar-refractivity contribution in [1.29, 1.82) is 0 Å². The first-order valence-corrected chi connectivity index (χ1v) is 9.71. The van der Waals surface area contributed by atoms with Crippen molar-refractivity contribution < 1.29 is 13.9 Å². The van der Waals surface area contributed by atoms with E-state index < -0.39 is 0 Å². The SMILES string of the molecule is O=C(c1cccc(Oc2ccc(F)cc2)c1)N1CC(n2cc(Cn3nccn3)nn2)C1. The van der Waals surface area contributed by atoms with Crippen molar-refractivity contribution in [3.05, 3.63) is 84.2 Å². The fourth-order valence-corrected chi connectivity index (χ4v) is 3.34. The highest BCUT2D eigenvalue weighted by molar-refractivity contribution is 5.95. The lowest BCUT2D eigenvalue weighted by Crippen LogP contribution is -2.50. The van der Waals surface area contributed by atoms with Gasteiger partial charge in [-0.05, 0) is 42.5 Å². The predicted molar refractivity (Wildman–Crippen MR) is 107 cm³/mol. The second-order valence-electron chi connectivity index (χ2n) is 7.20. The largest absolute Gasteiger partial charge is 0.457 e. The third-order valence-corrected chi connectivity index (χ3v) is 4.98. The van der Waals surface area contributed by atoms with Gasteiger partial charge in [-0.15, -0.1) is 5.10 Å². The number of ether oxygens (including phenoxy) is 1. The zero-order valence-corrected chi connectivity index (χ0v) is 16.4. The van der Waals surface area contributed by atoms with Crippen molar-refractivity contribution in [2.75, 3.05) is 13.1 Å². The van der Waals surface area contributed by atoms with E-state index in [0.717, 1.165) is 5.69 Å². The normalized spacial score (nSPS) is 13.8. The van der Waals surface area contributed by atoms with Gasteiger partial charge in [0.1, 0.15) is 29.6 Å². The number of likely N-dealkylation sites (tertiary alicyclic amines) is 1. The van der Waals surface area contributed by atoms with Crippen molar-refractivity contribution in [2.45, 2.75) is 12.6 Å². The molecule has 0 unspecified atom stereocenters. The molecule has 156 valence electrons. The van der Waals surface area contributed by atoms with Gasteiger partial charge in [-0.25, -0.2) is 9.07 Å².